The predicted molar refractivity (Wildman–Crippen MR) is 125 cm³/mol. The summed E-state index contributed by atoms with van der Waals surface area (Å²) >= 11 is 0. The minimum absolute atomic E-state index is 0.0224. The fraction of sp³-hybridized carbons (Fsp3) is 0.593. The van der Waals surface area contributed by atoms with E-state index in [4.69, 9.17) is 0 Å². The van der Waals surface area contributed by atoms with Crippen molar-refractivity contribution in [3.8, 4) is 0 Å². The van der Waals surface area contributed by atoms with Gasteiger partial charge in [0.1, 0.15) is 0 Å². The van der Waals surface area contributed by atoms with Crippen molar-refractivity contribution < 1.29 is 9.59 Å². The van der Waals surface area contributed by atoms with Gasteiger partial charge in [0, 0.05) is 35.8 Å². The normalized spacial score (nSPS) is 31.8. The van der Waals surface area contributed by atoms with Gasteiger partial charge in [-0.25, -0.2) is 0 Å². The zero-order valence-corrected chi connectivity index (χ0v) is 19.5. The van der Waals surface area contributed by atoms with E-state index in [0.717, 1.165) is 67.4 Å². The number of carbonyl (C=O) groups is 2. The molecule has 0 saturated heterocycles. The molecule has 4 saturated carbocycles. The van der Waals surface area contributed by atoms with Crippen LogP contribution in [0, 0.1) is 23.2 Å². The highest BCUT2D eigenvalue weighted by Gasteiger charge is 2.54. The molecule has 2 N–H and O–H groups in total. The lowest BCUT2D eigenvalue weighted by Crippen LogP contribution is -2.53. The number of hydrogen-bond donors (Lipinski definition) is 2. The minimum atomic E-state index is -0.111. The predicted octanol–water partition coefficient (Wildman–Crippen LogP) is 4.06. The van der Waals surface area contributed by atoms with E-state index >= 15 is 0 Å². The van der Waals surface area contributed by atoms with Gasteiger partial charge in [0.25, 0.3) is 5.91 Å². The summed E-state index contributed by atoms with van der Waals surface area (Å²) in [4.78, 5) is 26.0. The van der Waals surface area contributed by atoms with E-state index in [1.54, 1.807) is 0 Å². The lowest BCUT2D eigenvalue weighted by Gasteiger charge is -2.55. The standard InChI is InChI=1S/C27H34N4O2/c1-31-24-4-2-3-23(22(24)16-29-31)30-25(32)21-7-5-17(6-8-21)15-28-26(33)27-12-18-9-19(13-27)11-20(10-18)14-27/h5-8,16,18-20,23H,2-4,9-15H2,1H3,(H,28,33)(H,30,32). The Bertz CT molecular complexity index is 1040. The molecule has 6 nitrogen and oxygen atoms in total. The number of benzene rings is 1. The maximum absolute atomic E-state index is 13.2. The van der Waals surface area contributed by atoms with Crippen LogP contribution in [0.4, 0.5) is 0 Å². The van der Waals surface area contributed by atoms with Crippen molar-refractivity contribution in [3.05, 3.63) is 52.8 Å². The highest BCUT2D eigenvalue weighted by molar-refractivity contribution is 5.94. The first-order valence-corrected chi connectivity index (χ1v) is 12.7. The van der Waals surface area contributed by atoms with Gasteiger partial charge in [0.05, 0.1) is 12.2 Å². The quantitative estimate of drug-likeness (QED) is 0.727. The van der Waals surface area contributed by atoms with Crippen molar-refractivity contribution in [2.24, 2.45) is 30.2 Å². The molecule has 1 aromatic carbocycles. The van der Waals surface area contributed by atoms with E-state index in [9.17, 15) is 9.59 Å². The maximum atomic E-state index is 13.2. The van der Waals surface area contributed by atoms with Gasteiger partial charge in [-0.05, 0) is 93.2 Å². The zero-order chi connectivity index (χ0) is 22.6. The van der Waals surface area contributed by atoms with Gasteiger partial charge in [-0.3, -0.25) is 14.3 Å². The molecule has 174 valence electrons. The summed E-state index contributed by atoms with van der Waals surface area (Å²) in [5.41, 5.74) is 3.94. The van der Waals surface area contributed by atoms with Crippen molar-refractivity contribution >= 4 is 11.8 Å². The molecule has 4 bridgehead atoms. The number of nitrogens with zero attached hydrogens (tertiary/aromatic N) is 2. The Balaban J connectivity index is 1.06. The second kappa shape index (κ2) is 8.00. The number of fused-ring (bicyclic) bond motifs is 1. The van der Waals surface area contributed by atoms with Gasteiger partial charge in [0.15, 0.2) is 0 Å². The Kier molecular flexibility index (Phi) is 5.07. The van der Waals surface area contributed by atoms with E-state index in [2.05, 4.69) is 15.7 Å². The molecule has 7 rings (SSSR count). The molecule has 1 unspecified atom stereocenters. The number of hydrogen-bond acceptors (Lipinski definition) is 3. The molecule has 33 heavy (non-hydrogen) atoms. The first-order chi connectivity index (χ1) is 16.0. The Morgan fingerprint density at radius 2 is 1.73 bits per heavy atom. The topological polar surface area (TPSA) is 76.0 Å². The van der Waals surface area contributed by atoms with E-state index in [1.165, 1.54) is 25.0 Å². The van der Waals surface area contributed by atoms with Crippen LogP contribution in [0.3, 0.4) is 0 Å². The van der Waals surface area contributed by atoms with Crippen LogP contribution in [0.1, 0.15) is 84.6 Å². The van der Waals surface area contributed by atoms with Crippen LogP contribution in [-0.4, -0.2) is 21.6 Å². The Morgan fingerprint density at radius 3 is 2.39 bits per heavy atom. The van der Waals surface area contributed by atoms with Crippen molar-refractivity contribution in [1.82, 2.24) is 20.4 Å². The number of aromatic nitrogens is 2. The van der Waals surface area contributed by atoms with Gasteiger partial charge in [-0.15, -0.1) is 0 Å². The van der Waals surface area contributed by atoms with E-state index < -0.39 is 0 Å². The smallest absolute Gasteiger partial charge is 0.251 e. The first-order valence-electron chi connectivity index (χ1n) is 12.7. The van der Waals surface area contributed by atoms with E-state index in [0.29, 0.717) is 12.1 Å². The Morgan fingerprint density at radius 1 is 1.06 bits per heavy atom. The maximum Gasteiger partial charge on any atom is 0.251 e. The average Bonchev–Trinajstić information content (AvgIpc) is 3.18. The van der Waals surface area contributed by atoms with Crippen LogP contribution in [-0.2, 0) is 24.8 Å². The number of carbonyl (C=O) groups excluding carboxylic acids is 2. The third kappa shape index (κ3) is 3.77. The molecule has 0 aliphatic heterocycles. The van der Waals surface area contributed by atoms with E-state index in [1.807, 2.05) is 42.2 Å². The van der Waals surface area contributed by atoms with Gasteiger partial charge in [-0.2, -0.15) is 5.10 Å². The van der Waals surface area contributed by atoms with Crippen molar-refractivity contribution in [2.75, 3.05) is 0 Å². The number of nitrogens with one attached hydrogen (secondary N) is 2. The molecular weight excluding hydrogens is 412 g/mol. The molecule has 1 atom stereocenters. The zero-order valence-electron chi connectivity index (χ0n) is 19.5. The molecule has 0 spiro atoms. The second-order valence-electron chi connectivity index (χ2n) is 11.2. The minimum Gasteiger partial charge on any atom is -0.352 e. The highest BCUT2D eigenvalue weighted by Crippen LogP contribution is 2.60. The van der Waals surface area contributed by atoms with Crippen LogP contribution in [0.15, 0.2) is 30.5 Å². The summed E-state index contributed by atoms with van der Waals surface area (Å²) in [6, 6.07) is 7.69. The SMILES string of the molecule is Cn1ncc2c1CCCC2NC(=O)c1ccc(CNC(=O)C23CC4CC(CC(C4)C2)C3)cc1. The summed E-state index contributed by atoms with van der Waals surface area (Å²) in [5.74, 6) is 2.51. The molecule has 2 aromatic rings. The monoisotopic (exact) mass is 446 g/mol. The summed E-state index contributed by atoms with van der Waals surface area (Å²) in [5, 5.41) is 10.8. The molecule has 2 amide bonds. The number of amides is 2. The van der Waals surface area contributed by atoms with Crippen LogP contribution >= 0.6 is 0 Å². The molecule has 1 heterocycles. The fourth-order valence-corrected chi connectivity index (χ4v) is 7.63. The van der Waals surface area contributed by atoms with Crippen molar-refractivity contribution in [1.29, 1.82) is 0 Å². The van der Waals surface area contributed by atoms with Gasteiger partial charge in [0.2, 0.25) is 5.91 Å². The summed E-state index contributed by atoms with van der Waals surface area (Å²) < 4.78 is 1.92. The summed E-state index contributed by atoms with van der Waals surface area (Å²) in [6.45, 7) is 0.532. The second-order valence-corrected chi connectivity index (χ2v) is 11.2. The third-order valence-electron chi connectivity index (χ3n) is 8.87. The Labute approximate surface area is 195 Å². The fourth-order valence-electron chi connectivity index (χ4n) is 7.63. The van der Waals surface area contributed by atoms with Gasteiger partial charge in [-0.1, -0.05) is 12.1 Å². The lowest BCUT2D eigenvalue weighted by molar-refractivity contribution is -0.146. The number of aryl methyl sites for hydroxylation is 1. The lowest BCUT2D eigenvalue weighted by atomic mass is 9.49. The third-order valence-corrected chi connectivity index (χ3v) is 8.87. The Hall–Kier alpha value is -2.63. The molecule has 5 aliphatic carbocycles. The summed E-state index contributed by atoms with van der Waals surface area (Å²) in [6.07, 6.45) is 12.2. The van der Waals surface area contributed by atoms with E-state index in [-0.39, 0.29) is 23.3 Å². The van der Waals surface area contributed by atoms with Gasteiger partial charge < -0.3 is 10.6 Å². The first kappa shape index (κ1) is 20.9. The van der Waals surface area contributed by atoms with Crippen molar-refractivity contribution in [3.63, 3.8) is 0 Å². The molecule has 4 fully saturated rings. The molecule has 0 radical (unpaired) electrons. The van der Waals surface area contributed by atoms with Crippen LogP contribution in [0.2, 0.25) is 0 Å². The molecular formula is C27H34N4O2. The van der Waals surface area contributed by atoms with Crippen LogP contribution in [0.25, 0.3) is 0 Å². The largest absolute Gasteiger partial charge is 0.352 e. The molecule has 5 aliphatic rings. The average molecular weight is 447 g/mol. The van der Waals surface area contributed by atoms with Crippen molar-refractivity contribution in [2.45, 2.75) is 70.4 Å². The van der Waals surface area contributed by atoms with Crippen LogP contribution < -0.4 is 10.6 Å². The molecule has 1 aromatic heterocycles. The summed E-state index contributed by atoms with van der Waals surface area (Å²) in [7, 11) is 1.96. The molecule has 6 heteroatoms. The number of rotatable bonds is 5. The van der Waals surface area contributed by atoms with Crippen LogP contribution in [0.5, 0.6) is 0 Å². The van der Waals surface area contributed by atoms with Gasteiger partial charge >= 0.3 is 0 Å². The highest BCUT2D eigenvalue weighted by atomic mass is 16.2.